The third-order valence-corrected chi connectivity index (χ3v) is 1.99. The number of halogens is 1. The Kier molecular flexibility index (Phi) is 3.36. The van der Waals surface area contributed by atoms with E-state index in [4.69, 9.17) is 16.3 Å². The highest BCUT2D eigenvalue weighted by Gasteiger charge is 2.16. The van der Waals surface area contributed by atoms with E-state index in [1.54, 1.807) is 19.9 Å². The molecule has 3 nitrogen and oxygen atoms in total. The fourth-order valence-electron chi connectivity index (χ4n) is 1.13. The lowest BCUT2D eigenvalue weighted by molar-refractivity contribution is 0.0523. The van der Waals surface area contributed by atoms with Crippen molar-refractivity contribution < 1.29 is 14.6 Å². The predicted molar refractivity (Wildman–Crippen MR) is 53.8 cm³/mol. The lowest BCUT2D eigenvalue weighted by Gasteiger charge is -2.07. The summed E-state index contributed by atoms with van der Waals surface area (Å²) in [5, 5.41) is 9.69. The smallest absolute Gasteiger partial charge is 0.343 e. The van der Waals surface area contributed by atoms with Crippen LogP contribution in [0.25, 0.3) is 0 Å². The summed E-state index contributed by atoms with van der Waals surface area (Å²) < 4.78 is 4.75. The quantitative estimate of drug-likeness (QED) is 0.770. The molecule has 76 valence electrons. The fraction of sp³-hybridized carbons (Fsp3) is 0.300. The fourth-order valence-corrected chi connectivity index (χ4v) is 1.48. The molecule has 0 atom stereocenters. The highest BCUT2D eigenvalue weighted by Crippen LogP contribution is 2.27. The molecule has 0 saturated heterocycles. The summed E-state index contributed by atoms with van der Waals surface area (Å²) in [6, 6.07) is 3.08. The van der Waals surface area contributed by atoms with Crippen molar-refractivity contribution in [1.29, 1.82) is 0 Å². The van der Waals surface area contributed by atoms with Gasteiger partial charge in [0.25, 0.3) is 0 Å². The molecule has 0 heterocycles. The molecule has 0 aromatic heterocycles. The Hall–Kier alpha value is -1.22. The van der Waals surface area contributed by atoms with Crippen molar-refractivity contribution in [2.24, 2.45) is 0 Å². The number of ether oxygens (including phenoxy) is 1. The maximum absolute atomic E-state index is 11.3. The van der Waals surface area contributed by atoms with Gasteiger partial charge in [-0.25, -0.2) is 4.79 Å². The lowest BCUT2D eigenvalue weighted by Crippen LogP contribution is -2.05. The van der Waals surface area contributed by atoms with Crippen LogP contribution in [0.5, 0.6) is 5.75 Å². The van der Waals surface area contributed by atoms with Crippen LogP contribution >= 0.6 is 11.6 Å². The minimum absolute atomic E-state index is 0.0270. The lowest BCUT2D eigenvalue weighted by atomic mass is 10.1. The first-order valence-corrected chi connectivity index (χ1v) is 4.60. The van der Waals surface area contributed by atoms with Crippen LogP contribution in [0.1, 0.15) is 22.8 Å². The number of rotatable bonds is 2. The SMILES string of the molecule is CCOC(=O)c1c(O)cc(C)cc1Cl. The number of carbonyl (C=O) groups excluding carboxylic acids is 1. The van der Waals surface area contributed by atoms with E-state index in [0.29, 0.717) is 0 Å². The molecule has 14 heavy (non-hydrogen) atoms. The standard InChI is InChI=1S/C10H11ClO3/c1-3-14-10(13)9-7(11)4-6(2)5-8(9)12/h4-5,12H,3H2,1-2H3. The maximum atomic E-state index is 11.3. The number of benzene rings is 1. The van der Waals surface area contributed by atoms with Gasteiger partial charge >= 0.3 is 5.97 Å². The van der Waals surface area contributed by atoms with Crippen molar-refractivity contribution in [3.63, 3.8) is 0 Å². The minimum Gasteiger partial charge on any atom is -0.507 e. The topological polar surface area (TPSA) is 46.5 Å². The van der Waals surface area contributed by atoms with Crippen LogP contribution in [0.15, 0.2) is 12.1 Å². The molecule has 0 unspecified atom stereocenters. The Bertz CT molecular complexity index is 337. The monoisotopic (exact) mass is 214 g/mol. The third-order valence-electron chi connectivity index (χ3n) is 1.69. The van der Waals surface area contributed by atoms with E-state index in [-0.39, 0.29) is 22.9 Å². The maximum Gasteiger partial charge on any atom is 0.343 e. The highest BCUT2D eigenvalue weighted by molar-refractivity contribution is 6.34. The Labute approximate surface area is 87.3 Å². The van der Waals surface area contributed by atoms with Gasteiger partial charge in [-0.2, -0.15) is 0 Å². The van der Waals surface area contributed by atoms with Gasteiger partial charge in [-0.1, -0.05) is 11.6 Å². The molecule has 0 bridgehead atoms. The van der Waals surface area contributed by atoms with Crippen molar-refractivity contribution in [2.75, 3.05) is 6.61 Å². The van der Waals surface area contributed by atoms with E-state index in [2.05, 4.69) is 0 Å². The van der Waals surface area contributed by atoms with E-state index in [9.17, 15) is 9.90 Å². The summed E-state index contributed by atoms with van der Waals surface area (Å²) in [5.41, 5.74) is 0.819. The number of aryl methyl sites for hydroxylation is 1. The van der Waals surface area contributed by atoms with Gasteiger partial charge in [0, 0.05) is 0 Å². The molecule has 1 aromatic carbocycles. The molecule has 0 aliphatic rings. The molecular weight excluding hydrogens is 204 g/mol. The number of phenolic OH excluding ortho intramolecular Hbond substituents is 1. The van der Waals surface area contributed by atoms with Crippen LogP contribution in [-0.4, -0.2) is 17.7 Å². The second-order valence-corrected chi connectivity index (χ2v) is 3.27. The molecule has 0 aliphatic carbocycles. The molecule has 4 heteroatoms. The first kappa shape index (κ1) is 10.9. The van der Waals surface area contributed by atoms with Gasteiger partial charge in [0.1, 0.15) is 11.3 Å². The van der Waals surface area contributed by atoms with Crippen LogP contribution in [0.3, 0.4) is 0 Å². The average Bonchev–Trinajstić information content (AvgIpc) is 2.01. The summed E-state index contributed by atoms with van der Waals surface area (Å²) in [4.78, 5) is 11.3. The molecule has 0 amide bonds. The predicted octanol–water partition coefficient (Wildman–Crippen LogP) is 2.53. The van der Waals surface area contributed by atoms with E-state index in [1.807, 2.05) is 0 Å². The molecule has 0 fully saturated rings. The number of esters is 1. The number of phenols is 1. The van der Waals surface area contributed by atoms with Gasteiger partial charge in [0.05, 0.1) is 11.6 Å². The molecule has 1 N–H and O–H groups in total. The molecule has 0 radical (unpaired) electrons. The summed E-state index contributed by atoms with van der Waals surface area (Å²) in [7, 11) is 0. The van der Waals surface area contributed by atoms with Crippen molar-refractivity contribution in [3.05, 3.63) is 28.3 Å². The molecule has 0 saturated carbocycles. The zero-order valence-corrected chi connectivity index (χ0v) is 8.76. The number of aromatic hydroxyl groups is 1. The zero-order chi connectivity index (χ0) is 10.7. The Balaban J connectivity index is 3.14. The van der Waals surface area contributed by atoms with Crippen LogP contribution in [0.2, 0.25) is 5.02 Å². The highest BCUT2D eigenvalue weighted by atomic mass is 35.5. The largest absolute Gasteiger partial charge is 0.507 e. The van der Waals surface area contributed by atoms with Crippen molar-refractivity contribution in [1.82, 2.24) is 0 Å². The van der Waals surface area contributed by atoms with Gasteiger partial charge in [0.2, 0.25) is 0 Å². The van der Waals surface area contributed by atoms with Crippen molar-refractivity contribution >= 4 is 17.6 Å². The summed E-state index contributed by atoms with van der Waals surface area (Å²) >= 11 is 5.80. The summed E-state index contributed by atoms with van der Waals surface area (Å²) in [5.74, 6) is -0.747. The van der Waals surface area contributed by atoms with Gasteiger partial charge < -0.3 is 9.84 Å². The van der Waals surface area contributed by atoms with Gasteiger partial charge in [-0.3, -0.25) is 0 Å². The van der Waals surface area contributed by atoms with E-state index in [1.165, 1.54) is 6.07 Å². The molecule has 1 aromatic rings. The van der Waals surface area contributed by atoms with Crippen LogP contribution < -0.4 is 0 Å². The van der Waals surface area contributed by atoms with Crippen LogP contribution in [-0.2, 0) is 4.74 Å². The van der Waals surface area contributed by atoms with E-state index >= 15 is 0 Å². The van der Waals surface area contributed by atoms with Crippen molar-refractivity contribution in [3.8, 4) is 5.75 Å². The molecule has 1 rings (SSSR count). The van der Waals surface area contributed by atoms with Crippen LogP contribution in [0, 0.1) is 6.92 Å². The number of hydrogen-bond donors (Lipinski definition) is 1. The van der Waals surface area contributed by atoms with E-state index < -0.39 is 5.97 Å². The molecule has 0 aliphatic heterocycles. The van der Waals surface area contributed by atoms with Gasteiger partial charge in [-0.05, 0) is 31.5 Å². The second kappa shape index (κ2) is 4.33. The van der Waals surface area contributed by atoms with Gasteiger partial charge in [-0.15, -0.1) is 0 Å². The first-order chi connectivity index (χ1) is 6.56. The molecule has 0 spiro atoms. The normalized spacial score (nSPS) is 9.93. The van der Waals surface area contributed by atoms with Gasteiger partial charge in [0.15, 0.2) is 0 Å². The summed E-state index contributed by atoms with van der Waals surface area (Å²) in [6.07, 6.45) is 0. The number of hydrogen-bond acceptors (Lipinski definition) is 3. The minimum atomic E-state index is -0.602. The first-order valence-electron chi connectivity index (χ1n) is 4.22. The van der Waals surface area contributed by atoms with Crippen molar-refractivity contribution in [2.45, 2.75) is 13.8 Å². The zero-order valence-electron chi connectivity index (χ0n) is 8.00. The number of carbonyl (C=O) groups is 1. The Morgan fingerprint density at radius 2 is 2.21 bits per heavy atom. The Morgan fingerprint density at radius 3 is 2.71 bits per heavy atom. The second-order valence-electron chi connectivity index (χ2n) is 2.86. The Morgan fingerprint density at radius 1 is 1.57 bits per heavy atom. The van der Waals surface area contributed by atoms with Crippen LogP contribution in [0.4, 0.5) is 0 Å². The summed E-state index contributed by atoms with van der Waals surface area (Å²) in [6.45, 7) is 3.72. The average molecular weight is 215 g/mol. The van der Waals surface area contributed by atoms with E-state index in [0.717, 1.165) is 5.56 Å². The molecular formula is C10H11ClO3. The third kappa shape index (κ3) is 2.17.